The monoisotopic (exact) mass is 515 g/mol. The summed E-state index contributed by atoms with van der Waals surface area (Å²) in [5.74, 6) is -3.39. The summed E-state index contributed by atoms with van der Waals surface area (Å²) >= 11 is 6.41. The van der Waals surface area contributed by atoms with Gasteiger partial charge in [-0.25, -0.2) is 22.7 Å². The summed E-state index contributed by atoms with van der Waals surface area (Å²) < 4.78 is 42.4. The normalized spacial score (nSPS) is 14.5. The Morgan fingerprint density at radius 2 is 1.75 bits per heavy atom. The van der Waals surface area contributed by atoms with Crippen molar-refractivity contribution in [1.82, 2.24) is 24.4 Å². The minimum Gasteiger partial charge on any atom is -0.392 e. The summed E-state index contributed by atoms with van der Waals surface area (Å²) in [5.41, 5.74) is 2.63. The van der Waals surface area contributed by atoms with Gasteiger partial charge in [0.25, 0.3) is 5.91 Å². The van der Waals surface area contributed by atoms with Crippen LogP contribution in [0.2, 0.25) is 5.15 Å². The molecule has 1 aliphatic rings. The highest BCUT2D eigenvalue weighted by molar-refractivity contribution is 6.30. The van der Waals surface area contributed by atoms with Gasteiger partial charge in [-0.2, -0.15) is 5.10 Å². The molecule has 2 aromatic heterocycles. The number of aliphatic hydroxyl groups excluding tert-OH is 1. The fraction of sp³-hybridized carbons (Fsp3) is 0.240. The number of carbonyl (C=O) groups excluding carboxylic acids is 1. The SMILES string of the molecule is O=C(c1cnn2c(Cl)cc(-c3ccc(CO)cc3)nc12)N1CCN(Cc2cc(F)cc(F)c2F)CC1. The van der Waals surface area contributed by atoms with Crippen LogP contribution >= 0.6 is 11.6 Å². The van der Waals surface area contributed by atoms with Gasteiger partial charge < -0.3 is 10.0 Å². The third-order valence-electron chi connectivity index (χ3n) is 6.21. The van der Waals surface area contributed by atoms with Gasteiger partial charge in [0, 0.05) is 56.0 Å². The zero-order valence-electron chi connectivity index (χ0n) is 19.0. The summed E-state index contributed by atoms with van der Waals surface area (Å²) in [5, 5.41) is 13.8. The minimum absolute atomic E-state index is 0.0366. The Morgan fingerprint density at radius 1 is 1.03 bits per heavy atom. The first-order valence-corrected chi connectivity index (χ1v) is 11.6. The van der Waals surface area contributed by atoms with Crippen LogP contribution in [0, 0.1) is 17.5 Å². The second kappa shape index (κ2) is 9.88. The van der Waals surface area contributed by atoms with Gasteiger partial charge in [-0.15, -0.1) is 0 Å². The second-order valence-electron chi connectivity index (χ2n) is 8.54. The molecule has 7 nitrogen and oxygen atoms in total. The predicted molar refractivity (Wildman–Crippen MR) is 127 cm³/mol. The van der Waals surface area contributed by atoms with E-state index < -0.39 is 17.5 Å². The fourth-order valence-corrected chi connectivity index (χ4v) is 4.48. The third-order valence-corrected chi connectivity index (χ3v) is 6.48. The van der Waals surface area contributed by atoms with Crippen molar-refractivity contribution in [2.24, 2.45) is 0 Å². The molecule has 1 saturated heterocycles. The van der Waals surface area contributed by atoms with Crippen LogP contribution in [0.15, 0.2) is 48.7 Å². The van der Waals surface area contributed by atoms with Crippen LogP contribution in [0.5, 0.6) is 0 Å². The Hall–Kier alpha value is -3.47. The average molecular weight is 516 g/mol. The van der Waals surface area contributed by atoms with Crippen LogP contribution in [-0.2, 0) is 13.2 Å². The number of aliphatic hydroxyl groups is 1. The van der Waals surface area contributed by atoms with Crippen LogP contribution < -0.4 is 0 Å². The van der Waals surface area contributed by atoms with Gasteiger partial charge in [0.05, 0.1) is 18.5 Å². The molecule has 0 saturated carbocycles. The van der Waals surface area contributed by atoms with Gasteiger partial charge in [-0.3, -0.25) is 9.69 Å². The van der Waals surface area contributed by atoms with E-state index in [9.17, 15) is 23.1 Å². The van der Waals surface area contributed by atoms with Crippen LogP contribution in [0.4, 0.5) is 13.2 Å². The van der Waals surface area contributed by atoms with Crippen molar-refractivity contribution < 1.29 is 23.1 Å². The number of benzene rings is 2. The summed E-state index contributed by atoms with van der Waals surface area (Å²) in [6.07, 6.45) is 1.42. The largest absolute Gasteiger partial charge is 0.392 e. The standard InChI is InChI=1S/C25H21ClF3N5O2/c26-22-11-21(16-3-1-15(14-35)2-4-16)31-24-19(12-30-34(22)24)25(36)33-7-5-32(6-8-33)13-17-9-18(27)10-20(28)23(17)29/h1-4,9-12,35H,5-8,13-14H2. The number of nitrogens with zero attached hydrogens (tertiary/aromatic N) is 5. The molecule has 0 bridgehead atoms. The molecule has 0 unspecified atom stereocenters. The van der Waals surface area contributed by atoms with Crippen molar-refractivity contribution in [2.75, 3.05) is 26.2 Å². The molecular formula is C25H21ClF3N5O2. The number of halogens is 4. The molecule has 1 N–H and O–H groups in total. The molecule has 0 aliphatic carbocycles. The van der Waals surface area contributed by atoms with Gasteiger partial charge >= 0.3 is 0 Å². The Bertz CT molecular complexity index is 1440. The highest BCUT2D eigenvalue weighted by atomic mass is 35.5. The predicted octanol–water partition coefficient (Wildman–Crippen LogP) is 3.92. The molecular weight excluding hydrogens is 495 g/mol. The number of rotatable bonds is 5. The van der Waals surface area contributed by atoms with Crippen LogP contribution in [0.25, 0.3) is 16.9 Å². The lowest BCUT2D eigenvalue weighted by Crippen LogP contribution is -2.48. The van der Waals surface area contributed by atoms with Gasteiger partial charge in [0.1, 0.15) is 16.5 Å². The van der Waals surface area contributed by atoms with Gasteiger partial charge in [-0.1, -0.05) is 35.9 Å². The second-order valence-corrected chi connectivity index (χ2v) is 8.93. The molecule has 0 spiro atoms. The average Bonchev–Trinajstić information content (AvgIpc) is 3.32. The zero-order valence-corrected chi connectivity index (χ0v) is 19.7. The van der Waals surface area contributed by atoms with E-state index in [1.54, 1.807) is 23.1 Å². The smallest absolute Gasteiger partial charge is 0.259 e. The Labute approximate surface area is 209 Å². The summed E-state index contributed by atoms with van der Waals surface area (Å²) in [7, 11) is 0. The number of aromatic nitrogens is 3. The van der Waals surface area contributed by atoms with Crippen molar-refractivity contribution >= 4 is 23.2 Å². The Morgan fingerprint density at radius 3 is 2.44 bits per heavy atom. The highest BCUT2D eigenvalue weighted by Crippen LogP contribution is 2.25. The zero-order chi connectivity index (χ0) is 25.4. The number of hydrogen-bond donors (Lipinski definition) is 1. The number of fused-ring (bicyclic) bond motifs is 1. The van der Waals surface area contributed by atoms with Gasteiger partial charge in [0.15, 0.2) is 17.3 Å². The molecule has 3 heterocycles. The molecule has 1 aliphatic heterocycles. The van der Waals surface area contributed by atoms with E-state index in [0.717, 1.165) is 17.2 Å². The molecule has 186 valence electrons. The minimum atomic E-state index is -1.22. The van der Waals surface area contributed by atoms with E-state index >= 15 is 0 Å². The van der Waals surface area contributed by atoms with Crippen molar-refractivity contribution in [2.45, 2.75) is 13.2 Å². The van der Waals surface area contributed by atoms with E-state index in [1.807, 2.05) is 17.0 Å². The molecule has 0 radical (unpaired) electrons. The Kier molecular flexibility index (Phi) is 6.65. The maximum atomic E-state index is 14.0. The summed E-state index contributed by atoms with van der Waals surface area (Å²) in [4.78, 5) is 21.4. The molecule has 1 fully saturated rings. The quantitative estimate of drug-likeness (QED) is 0.322. The number of hydrogen-bond acceptors (Lipinski definition) is 5. The van der Waals surface area contributed by atoms with E-state index in [1.165, 1.54) is 10.7 Å². The Balaban J connectivity index is 1.33. The first-order chi connectivity index (χ1) is 17.3. The number of amides is 1. The molecule has 4 aromatic rings. The highest BCUT2D eigenvalue weighted by Gasteiger charge is 2.26. The maximum absolute atomic E-state index is 14.0. The third kappa shape index (κ3) is 4.67. The lowest BCUT2D eigenvalue weighted by atomic mass is 10.1. The van der Waals surface area contributed by atoms with E-state index in [2.05, 4.69) is 10.1 Å². The number of carbonyl (C=O) groups is 1. The molecule has 2 aromatic carbocycles. The lowest BCUT2D eigenvalue weighted by Gasteiger charge is -2.34. The molecule has 0 atom stereocenters. The molecule has 11 heteroatoms. The fourth-order valence-electron chi connectivity index (χ4n) is 4.25. The number of piperazine rings is 1. The van der Waals surface area contributed by atoms with Gasteiger partial charge in [0.2, 0.25) is 0 Å². The van der Waals surface area contributed by atoms with Crippen molar-refractivity contribution in [3.63, 3.8) is 0 Å². The van der Waals surface area contributed by atoms with E-state index in [4.69, 9.17) is 11.6 Å². The lowest BCUT2D eigenvalue weighted by molar-refractivity contribution is 0.0628. The molecule has 1 amide bonds. The van der Waals surface area contributed by atoms with Crippen LogP contribution in [0.3, 0.4) is 0 Å². The maximum Gasteiger partial charge on any atom is 0.259 e. The van der Waals surface area contributed by atoms with Crippen LogP contribution in [-0.4, -0.2) is 61.6 Å². The summed E-state index contributed by atoms with van der Waals surface area (Å²) in [6.45, 7) is 1.44. The van der Waals surface area contributed by atoms with Crippen molar-refractivity contribution in [3.8, 4) is 11.3 Å². The van der Waals surface area contributed by atoms with E-state index in [0.29, 0.717) is 43.6 Å². The van der Waals surface area contributed by atoms with Gasteiger partial charge in [-0.05, 0) is 11.6 Å². The van der Waals surface area contributed by atoms with Crippen molar-refractivity contribution in [1.29, 1.82) is 0 Å². The first-order valence-electron chi connectivity index (χ1n) is 11.2. The van der Waals surface area contributed by atoms with Crippen LogP contribution in [0.1, 0.15) is 21.5 Å². The molecule has 5 rings (SSSR count). The summed E-state index contributed by atoms with van der Waals surface area (Å²) in [6, 6.07) is 10.3. The first kappa shape index (κ1) is 24.2. The van der Waals surface area contributed by atoms with E-state index in [-0.39, 0.29) is 35.3 Å². The topological polar surface area (TPSA) is 74.0 Å². The van der Waals surface area contributed by atoms with Crippen molar-refractivity contribution in [3.05, 3.63) is 88.0 Å². The molecule has 36 heavy (non-hydrogen) atoms.